The molecule has 0 saturated heterocycles. The molecule has 0 heterocycles. The molecule has 28 heavy (non-hydrogen) atoms. The molecule has 0 saturated carbocycles. The topological polar surface area (TPSA) is 73.9 Å². The number of ether oxygens (including phenoxy) is 3. The van der Waals surface area contributed by atoms with Crippen molar-refractivity contribution in [3.63, 3.8) is 0 Å². The van der Waals surface area contributed by atoms with E-state index in [0.29, 0.717) is 17.4 Å². The Morgan fingerprint density at radius 3 is 2.07 bits per heavy atom. The van der Waals surface area contributed by atoms with Crippen molar-refractivity contribution in [2.75, 3.05) is 20.8 Å². The standard InChI is InChI=1S/C22H27NO5/c1-15(2)13-17(16-9-6-5-7-10-16)23-20(24)14-28-22(25)21-18(26-3)11-8-12-19(21)27-4/h5-12,15,17H,13-14H2,1-4H3,(H,23,24)/t17-/m1/s1. The van der Waals surface area contributed by atoms with Crippen LogP contribution in [-0.2, 0) is 9.53 Å². The molecule has 2 aromatic rings. The lowest BCUT2D eigenvalue weighted by molar-refractivity contribution is -0.125. The summed E-state index contributed by atoms with van der Waals surface area (Å²) in [5.41, 5.74) is 1.17. The van der Waals surface area contributed by atoms with Crippen molar-refractivity contribution < 1.29 is 23.8 Å². The van der Waals surface area contributed by atoms with E-state index >= 15 is 0 Å². The summed E-state index contributed by atoms with van der Waals surface area (Å²) in [6.07, 6.45) is 0.782. The van der Waals surface area contributed by atoms with Crippen molar-refractivity contribution >= 4 is 11.9 Å². The van der Waals surface area contributed by atoms with Gasteiger partial charge in [0.1, 0.15) is 17.1 Å². The van der Waals surface area contributed by atoms with Gasteiger partial charge in [-0.3, -0.25) is 4.79 Å². The fourth-order valence-electron chi connectivity index (χ4n) is 2.93. The molecule has 2 rings (SSSR count). The number of rotatable bonds is 9. The number of carbonyl (C=O) groups is 2. The highest BCUT2D eigenvalue weighted by atomic mass is 16.5. The summed E-state index contributed by atoms with van der Waals surface area (Å²) in [5, 5.41) is 2.95. The van der Waals surface area contributed by atoms with Gasteiger partial charge in [0.05, 0.1) is 20.3 Å². The minimum atomic E-state index is -0.676. The van der Waals surface area contributed by atoms with Crippen molar-refractivity contribution in [2.24, 2.45) is 5.92 Å². The van der Waals surface area contributed by atoms with Gasteiger partial charge < -0.3 is 19.5 Å². The highest BCUT2D eigenvalue weighted by molar-refractivity contribution is 5.96. The first kappa shape index (κ1) is 21.3. The van der Waals surface area contributed by atoms with Gasteiger partial charge in [-0.1, -0.05) is 50.2 Å². The molecule has 1 amide bonds. The molecule has 1 N–H and O–H groups in total. The first-order chi connectivity index (χ1) is 13.5. The molecule has 2 aromatic carbocycles. The summed E-state index contributed by atoms with van der Waals surface area (Å²) in [4.78, 5) is 24.9. The monoisotopic (exact) mass is 385 g/mol. The van der Waals surface area contributed by atoms with Gasteiger partial charge >= 0.3 is 5.97 Å². The average molecular weight is 385 g/mol. The third-order valence-electron chi connectivity index (χ3n) is 4.21. The lowest BCUT2D eigenvalue weighted by atomic mass is 9.97. The van der Waals surface area contributed by atoms with Crippen molar-refractivity contribution in [2.45, 2.75) is 26.3 Å². The van der Waals surface area contributed by atoms with E-state index in [0.717, 1.165) is 12.0 Å². The molecular formula is C22H27NO5. The van der Waals surface area contributed by atoms with Gasteiger partial charge in [-0.2, -0.15) is 0 Å². The second-order valence-corrected chi connectivity index (χ2v) is 6.77. The average Bonchev–Trinajstić information content (AvgIpc) is 2.71. The van der Waals surface area contributed by atoms with Crippen LogP contribution in [0.25, 0.3) is 0 Å². The highest BCUT2D eigenvalue weighted by Gasteiger charge is 2.22. The number of hydrogen-bond acceptors (Lipinski definition) is 5. The SMILES string of the molecule is COc1cccc(OC)c1C(=O)OCC(=O)N[C@H](CC(C)C)c1ccccc1. The van der Waals surface area contributed by atoms with Crippen LogP contribution in [0.3, 0.4) is 0 Å². The minimum absolute atomic E-state index is 0.145. The molecule has 6 nitrogen and oxygen atoms in total. The van der Waals surface area contributed by atoms with Crippen LogP contribution in [0.5, 0.6) is 11.5 Å². The molecular weight excluding hydrogens is 358 g/mol. The maximum atomic E-state index is 12.5. The first-order valence-electron chi connectivity index (χ1n) is 9.18. The summed E-state index contributed by atoms with van der Waals surface area (Å²) < 4.78 is 15.6. The van der Waals surface area contributed by atoms with E-state index in [1.807, 2.05) is 30.3 Å². The molecule has 1 atom stereocenters. The molecule has 0 aliphatic heterocycles. The lowest BCUT2D eigenvalue weighted by Crippen LogP contribution is -2.33. The Morgan fingerprint density at radius 1 is 0.929 bits per heavy atom. The number of benzene rings is 2. The number of nitrogens with one attached hydrogen (secondary N) is 1. The minimum Gasteiger partial charge on any atom is -0.496 e. The van der Waals surface area contributed by atoms with Crippen LogP contribution < -0.4 is 14.8 Å². The van der Waals surface area contributed by atoms with Gasteiger partial charge in [-0.05, 0) is 30.0 Å². The molecule has 6 heteroatoms. The Morgan fingerprint density at radius 2 is 1.54 bits per heavy atom. The van der Waals surface area contributed by atoms with E-state index in [4.69, 9.17) is 14.2 Å². The quantitative estimate of drug-likeness (QED) is 0.665. The van der Waals surface area contributed by atoms with Crippen molar-refractivity contribution in [1.82, 2.24) is 5.32 Å². The van der Waals surface area contributed by atoms with Crippen LogP contribution in [0.4, 0.5) is 0 Å². The highest BCUT2D eigenvalue weighted by Crippen LogP contribution is 2.29. The second kappa shape index (κ2) is 10.3. The van der Waals surface area contributed by atoms with Crippen LogP contribution in [0.1, 0.15) is 42.2 Å². The van der Waals surface area contributed by atoms with Crippen molar-refractivity contribution in [3.8, 4) is 11.5 Å². The number of hydrogen-bond donors (Lipinski definition) is 1. The van der Waals surface area contributed by atoms with E-state index in [9.17, 15) is 9.59 Å². The maximum Gasteiger partial charge on any atom is 0.346 e. The van der Waals surface area contributed by atoms with Gasteiger partial charge in [0.15, 0.2) is 6.61 Å². The largest absolute Gasteiger partial charge is 0.496 e. The molecule has 0 fully saturated rings. The smallest absolute Gasteiger partial charge is 0.346 e. The third-order valence-corrected chi connectivity index (χ3v) is 4.21. The molecule has 0 radical (unpaired) electrons. The first-order valence-corrected chi connectivity index (χ1v) is 9.18. The lowest BCUT2D eigenvalue weighted by Gasteiger charge is -2.21. The van der Waals surface area contributed by atoms with Crippen LogP contribution in [0, 0.1) is 5.92 Å². The zero-order valence-corrected chi connectivity index (χ0v) is 16.7. The van der Waals surface area contributed by atoms with Crippen LogP contribution in [-0.4, -0.2) is 32.7 Å². The van der Waals surface area contributed by atoms with Gasteiger partial charge in [0, 0.05) is 0 Å². The second-order valence-electron chi connectivity index (χ2n) is 6.77. The Bertz CT molecular complexity index is 767. The predicted molar refractivity (Wildman–Crippen MR) is 107 cm³/mol. The zero-order chi connectivity index (χ0) is 20.5. The van der Waals surface area contributed by atoms with Gasteiger partial charge in [0.25, 0.3) is 5.91 Å². The van der Waals surface area contributed by atoms with Crippen molar-refractivity contribution in [3.05, 3.63) is 59.7 Å². The van der Waals surface area contributed by atoms with Gasteiger partial charge in [-0.25, -0.2) is 4.79 Å². The van der Waals surface area contributed by atoms with E-state index in [2.05, 4.69) is 19.2 Å². The van der Waals surface area contributed by atoms with E-state index in [-0.39, 0.29) is 24.1 Å². The summed E-state index contributed by atoms with van der Waals surface area (Å²) in [6, 6.07) is 14.6. The summed E-state index contributed by atoms with van der Waals surface area (Å²) >= 11 is 0. The Labute approximate surface area is 165 Å². The van der Waals surface area contributed by atoms with E-state index in [1.165, 1.54) is 14.2 Å². The number of esters is 1. The van der Waals surface area contributed by atoms with Crippen molar-refractivity contribution in [1.29, 1.82) is 0 Å². The number of carbonyl (C=O) groups excluding carboxylic acids is 2. The summed E-state index contributed by atoms with van der Waals surface area (Å²) in [6.45, 7) is 3.80. The molecule has 0 aromatic heterocycles. The fraction of sp³-hybridized carbons (Fsp3) is 0.364. The molecule has 0 unspecified atom stereocenters. The normalized spacial score (nSPS) is 11.6. The Balaban J connectivity index is 2.04. The van der Waals surface area contributed by atoms with Gasteiger partial charge in [-0.15, -0.1) is 0 Å². The Kier molecular flexibility index (Phi) is 7.87. The summed E-state index contributed by atoms with van der Waals surface area (Å²) in [7, 11) is 2.91. The van der Waals surface area contributed by atoms with Crippen LogP contribution in [0.2, 0.25) is 0 Å². The number of amides is 1. The predicted octanol–water partition coefficient (Wildman–Crippen LogP) is 3.76. The summed E-state index contributed by atoms with van der Waals surface area (Å²) in [5.74, 6) is 0.00522. The van der Waals surface area contributed by atoms with Gasteiger partial charge in [0.2, 0.25) is 0 Å². The Hall–Kier alpha value is -3.02. The molecule has 0 bridgehead atoms. The van der Waals surface area contributed by atoms with Crippen LogP contribution >= 0.6 is 0 Å². The maximum absolute atomic E-state index is 12.5. The fourth-order valence-corrected chi connectivity index (χ4v) is 2.93. The molecule has 0 aliphatic carbocycles. The molecule has 150 valence electrons. The molecule has 0 spiro atoms. The number of methoxy groups -OCH3 is 2. The van der Waals surface area contributed by atoms with E-state index < -0.39 is 5.97 Å². The third kappa shape index (κ3) is 5.74. The molecule has 0 aliphatic rings. The zero-order valence-electron chi connectivity index (χ0n) is 16.7. The van der Waals surface area contributed by atoms with Crippen LogP contribution in [0.15, 0.2) is 48.5 Å². The van der Waals surface area contributed by atoms with E-state index in [1.54, 1.807) is 18.2 Å².